The van der Waals surface area contributed by atoms with Gasteiger partial charge in [0.15, 0.2) is 0 Å². The summed E-state index contributed by atoms with van der Waals surface area (Å²) in [6, 6.07) is 6.67. The van der Waals surface area contributed by atoms with Gasteiger partial charge in [0.25, 0.3) is 0 Å². The standard InChI is InChI=1S/C12H16ClN7/c13-7-1-2-9(8(14)4-7)20(18)5-6-3-10(15)19-12(17)11(6)16/h1-4H,5,14,16,18H2,(H4,15,17,19). The third-order valence-electron chi connectivity index (χ3n) is 2.83. The van der Waals surface area contributed by atoms with Gasteiger partial charge in [0.05, 0.1) is 23.6 Å². The zero-order chi connectivity index (χ0) is 14.9. The van der Waals surface area contributed by atoms with Crippen LogP contribution in [0.15, 0.2) is 24.3 Å². The second kappa shape index (κ2) is 5.32. The number of hydrazine groups is 1. The summed E-state index contributed by atoms with van der Waals surface area (Å²) in [5.41, 5.74) is 25.2. The van der Waals surface area contributed by atoms with Crippen LogP contribution in [0.25, 0.3) is 0 Å². The molecule has 0 bridgehead atoms. The number of aromatic nitrogens is 1. The van der Waals surface area contributed by atoms with Crippen molar-refractivity contribution in [3.05, 3.63) is 34.9 Å². The molecular weight excluding hydrogens is 278 g/mol. The van der Waals surface area contributed by atoms with Crippen LogP contribution in [0.5, 0.6) is 0 Å². The van der Waals surface area contributed by atoms with E-state index < -0.39 is 0 Å². The third kappa shape index (κ3) is 2.79. The second-order valence-electron chi connectivity index (χ2n) is 4.34. The zero-order valence-corrected chi connectivity index (χ0v) is 11.4. The van der Waals surface area contributed by atoms with Gasteiger partial charge >= 0.3 is 0 Å². The molecule has 0 saturated carbocycles. The van der Waals surface area contributed by atoms with E-state index in [-0.39, 0.29) is 18.2 Å². The average molecular weight is 294 g/mol. The van der Waals surface area contributed by atoms with Crippen LogP contribution in [0.1, 0.15) is 5.56 Å². The Balaban J connectivity index is 2.30. The largest absolute Gasteiger partial charge is 0.397 e. The number of rotatable bonds is 3. The van der Waals surface area contributed by atoms with Crippen molar-refractivity contribution in [1.82, 2.24) is 4.98 Å². The van der Waals surface area contributed by atoms with Gasteiger partial charge in [-0.3, -0.25) is 0 Å². The van der Waals surface area contributed by atoms with Crippen molar-refractivity contribution in [3.63, 3.8) is 0 Å². The average Bonchev–Trinajstić information content (AvgIpc) is 2.35. The lowest BCUT2D eigenvalue weighted by atomic mass is 10.2. The second-order valence-corrected chi connectivity index (χ2v) is 4.77. The number of halogens is 1. The van der Waals surface area contributed by atoms with E-state index in [9.17, 15) is 0 Å². The summed E-state index contributed by atoms with van der Waals surface area (Å²) in [6.07, 6.45) is 0. The van der Waals surface area contributed by atoms with Crippen LogP contribution in [-0.2, 0) is 6.54 Å². The van der Waals surface area contributed by atoms with Crippen molar-refractivity contribution in [2.75, 3.05) is 27.9 Å². The van der Waals surface area contributed by atoms with Crippen molar-refractivity contribution < 1.29 is 0 Å². The van der Waals surface area contributed by atoms with E-state index in [4.69, 9.17) is 40.4 Å². The highest BCUT2D eigenvalue weighted by molar-refractivity contribution is 6.31. The predicted molar refractivity (Wildman–Crippen MR) is 83.7 cm³/mol. The molecule has 1 heterocycles. The minimum atomic E-state index is 0.178. The van der Waals surface area contributed by atoms with Crippen molar-refractivity contribution in [2.45, 2.75) is 6.54 Å². The number of hydrogen-bond acceptors (Lipinski definition) is 7. The van der Waals surface area contributed by atoms with Gasteiger partial charge in [-0.15, -0.1) is 0 Å². The maximum absolute atomic E-state index is 6.00. The van der Waals surface area contributed by atoms with Gasteiger partial charge in [-0.2, -0.15) is 0 Å². The van der Waals surface area contributed by atoms with Crippen molar-refractivity contribution in [2.24, 2.45) is 5.84 Å². The van der Waals surface area contributed by atoms with E-state index in [1.165, 1.54) is 5.01 Å². The lowest BCUT2D eigenvalue weighted by molar-refractivity contribution is 0.856. The molecular formula is C12H16ClN7. The number of benzene rings is 1. The molecule has 20 heavy (non-hydrogen) atoms. The van der Waals surface area contributed by atoms with Crippen LogP contribution in [-0.4, -0.2) is 4.98 Å². The smallest absolute Gasteiger partial charge is 0.149 e. The molecule has 1 aromatic heterocycles. The van der Waals surface area contributed by atoms with Crippen molar-refractivity contribution in [1.29, 1.82) is 0 Å². The van der Waals surface area contributed by atoms with Gasteiger partial charge in [-0.1, -0.05) is 11.6 Å². The van der Waals surface area contributed by atoms with Gasteiger partial charge in [0.2, 0.25) is 0 Å². The lowest BCUT2D eigenvalue weighted by Crippen LogP contribution is -2.31. The molecule has 7 nitrogen and oxygen atoms in total. The highest BCUT2D eigenvalue weighted by Crippen LogP contribution is 2.28. The normalized spacial score (nSPS) is 10.5. The first-order valence-corrected chi connectivity index (χ1v) is 6.14. The lowest BCUT2D eigenvalue weighted by Gasteiger charge is -2.22. The SMILES string of the molecule is Nc1cc(CN(N)c2ccc(Cl)cc2N)c(N)c(N)n1. The van der Waals surface area contributed by atoms with E-state index in [2.05, 4.69) is 4.98 Å². The van der Waals surface area contributed by atoms with E-state index in [0.717, 1.165) is 0 Å². The highest BCUT2D eigenvalue weighted by atomic mass is 35.5. The molecule has 2 aromatic rings. The molecule has 0 spiro atoms. The summed E-state index contributed by atoms with van der Waals surface area (Å²) in [5, 5.41) is 1.98. The number of hydrogen-bond donors (Lipinski definition) is 5. The van der Waals surface area contributed by atoms with Crippen LogP contribution in [0.3, 0.4) is 0 Å². The topological polar surface area (TPSA) is 146 Å². The Morgan fingerprint density at radius 2 is 1.80 bits per heavy atom. The van der Waals surface area contributed by atoms with E-state index >= 15 is 0 Å². The molecule has 0 saturated heterocycles. The number of anilines is 5. The number of nitrogens with zero attached hydrogens (tertiary/aromatic N) is 2. The third-order valence-corrected chi connectivity index (χ3v) is 3.07. The number of nitrogen functional groups attached to an aromatic ring is 4. The summed E-state index contributed by atoms with van der Waals surface area (Å²) in [6.45, 7) is 0.286. The van der Waals surface area contributed by atoms with Crippen molar-refractivity contribution >= 4 is 40.3 Å². The Bertz CT molecular complexity index is 644. The minimum Gasteiger partial charge on any atom is -0.397 e. The number of nitrogens with two attached hydrogens (primary N) is 5. The maximum atomic E-state index is 6.00. The molecule has 0 amide bonds. The molecule has 1 aromatic carbocycles. The summed E-state index contributed by atoms with van der Waals surface area (Å²) < 4.78 is 0. The van der Waals surface area contributed by atoms with E-state index in [1.807, 2.05) is 0 Å². The zero-order valence-electron chi connectivity index (χ0n) is 10.7. The Kier molecular flexibility index (Phi) is 3.73. The summed E-state index contributed by atoms with van der Waals surface area (Å²) >= 11 is 5.85. The van der Waals surface area contributed by atoms with Gasteiger partial charge in [0, 0.05) is 10.6 Å². The minimum absolute atomic E-state index is 0.178. The Morgan fingerprint density at radius 3 is 2.45 bits per heavy atom. The molecule has 0 atom stereocenters. The number of pyridine rings is 1. The molecule has 106 valence electrons. The Morgan fingerprint density at radius 1 is 1.10 bits per heavy atom. The molecule has 0 fully saturated rings. The van der Waals surface area contributed by atoms with Gasteiger partial charge < -0.3 is 27.9 Å². The first kappa shape index (κ1) is 14.0. The van der Waals surface area contributed by atoms with Gasteiger partial charge in [0.1, 0.15) is 11.6 Å². The van der Waals surface area contributed by atoms with Crippen LogP contribution in [0, 0.1) is 0 Å². The fourth-order valence-corrected chi connectivity index (χ4v) is 2.02. The molecule has 2 rings (SSSR count). The monoisotopic (exact) mass is 293 g/mol. The molecule has 0 unspecified atom stereocenters. The van der Waals surface area contributed by atoms with Crippen LogP contribution in [0.2, 0.25) is 5.02 Å². The first-order valence-electron chi connectivity index (χ1n) is 5.76. The highest BCUT2D eigenvalue weighted by Gasteiger charge is 2.12. The first-order chi connectivity index (χ1) is 9.38. The molecule has 0 aliphatic heterocycles. The Labute approximate surface area is 121 Å². The van der Waals surface area contributed by atoms with E-state index in [1.54, 1.807) is 24.3 Å². The molecule has 0 radical (unpaired) electrons. The summed E-state index contributed by atoms with van der Waals surface area (Å²) in [4.78, 5) is 3.87. The summed E-state index contributed by atoms with van der Waals surface area (Å²) in [5.74, 6) is 6.46. The van der Waals surface area contributed by atoms with Crippen molar-refractivity contribution in [3.8, 4) is 0 Å². The quantitative estimate of drug-likeness (QED) is 0.321. The fraction of sp³-hybridized carbons (Fsp3) is 0.0833. The fourth-order valence-electron chi connectivity index (χ4n) is 1.84. The van der Waals surface area contributed by atoms with Crippen LogP contribution in [0.4, 0.5) is 28.7 Å². The molecule has 10 N–H and O–H groups in total. The molecule has 0 aliphatic carbocycles. The van der Waals surface area contributed by atoms with Gasteiger partial charge in [-0.05, 0) is 24.3 Å². The van der Waals surface area contributed by atoms with Crippen LogP contribution >= 0.6 is 11.6 Å². The van der Waals surface area contributed by atoms with Crippen LogP contribution < -0.4 is 33.8 Å². The molecule has 0 aliphatic rings. The van der Waals surface area contributed by atoms with Gasteiger partial charge in [-0.25, -0.2) is 10.8 Å². The molecule has 8 heteroatoms. The maximum Gasteiger partial charge on any atom is 0.149 e. The van der Waals surface area contributed by atoms with E-state index in [0.29, 0.717) is 27.6 Å². The summed E-state index contributed by atoms with van der Waals surface area (Å²) in [7, 11) is 0. The Hall–Kier alpha value is -2.38. The predicted octanol–water partition coefficient (Wildman–Crippen LogP) is 0.944.